The second kappa shape index (κ2) is 8.64. The summed E-state index contributed by atoms with van der Waals surface area (Å²) in [4.78, 5) is 15.3. The third kappa shape index (κ3) is 4.57. The van der Waals surface area contributed by atoms with Gasteiger partial charge in [0.2, 0.25) is 11.8 Å². The molecule has 30 heavy (non-hydrogen) atoms. The highest BCUT2D eigenvalue weighted by Crippen LogP contribution is 2.29. The highest BCUT2D eigenvalue weighted by Gasteiger charge is 2.10. The van der Waals surface area contributed by atoms with Crippen LogP contribution >= 0.6 is 0 Å². The van der Waals surface area contributed by atoms with E-state index in [2.05, 4.69) is 31.1 Å². The first-order chi connectivity index (χ1) is 14.6. The zero-order chi connectivity index (χ0) is 20.9. The number of terminal acetylenes is 1. The van der Waals surface area contributed by atoms with Crippen molar-refractivity contribution in [1.29, 1.82) is 0 Å². The van der Waals surface area contributed by atoms with Crippen LogP contribution in [0, 0.1) is 12.3 Å². The number of nitrogens with zero attached hydrogens (tertiary/aromatic N) is 4. The van der Waals surface area contributed by atoms with E-state index in [-0.39, 0.29) is 0 Å². The van der Waals surface area contributed by atoms with Crippen molar-refractivity contribution in [2.45, 2.75) is 0 Å². The normalized spacial score (nSPS) is 10.9. The summed E-state index contributed by atoms with van der Waals surface area (Å²) in [6.45, 7) is 1.37. The highest BCUT2D eigenvalue weighted by atomic mass is 16.5. The lowest BCUT2D eigenvalue weighted by Gasteiger charge is -2.13. The van der Waals surface area contributed by atoms with E-state index in [0.717, 1.165) is 34.3 Å². The summed E-state index contributed by atoms with van der Waals surface area (Å²) >= 11 is 0. The molecule has 0 spiro atoms. The molecule has 0 amide bonds. The van der Waals surface area contributed by atoms with Crippen LogP contribution < -0.4 is 10.1 Å². The fourth-order valence-corrected chi connectivity index (χ4v) is 2.90. The van der Waals surface area contributed by atoms with Crippen LogP contribution in [0.4, 0.5) is 11.6 Å². The van der Waals surface area contributed by atoms with Crippen LogP contribution in [0.2, 0.25) is 0 Å². The Morgan fingerprint density at radius 1 is 1.17 bits per heavy atom. The van der Waals surface area contributed by atoms with E-state index in [9.17, 15) is 0 Å². The van der Waals surface area contributed by atoms with Crippen LogP contribution in [-0.4, -0.2) is 47.1 Å². The van der Waals surface area contributed by atoms with Gasteiger partial charge in [-0.05, 0) is 44.4 Å². The van der Waals surface area contributed by atoms with Crippen molar-refractivity contribution >= 4 is 22.5 Å². The predicted octanol–water partition coefficient (Wildman–Crippen LogP) is 3.95. The Kier molecular flexibility index (Phi) is 5.59. The maximum Gasteiger partial charge on any atom is 0.227 e. The number of anilines is 2. The van der Waals surface area contributed by atoms with Gasteiger partial charge >= 0.3 is 0 Å². The van der Waals surface area contributed by atoms with Crippen LogP contribution in [0.1, 0.15) is 5.56 Å². The minimum Gasteiger partial charge on any atom is -0.492 e. The van der Waals surface area contributed by atoms with Crippen LogP contribution in [0.15, 0.2) is 59.5 Å². The van der Waals surface area contributed by atoms with E-state index >= 15 is 0 Å². The number of likely N-dealkylation sites (N-methyl/N-ethyl adjacent to an activating group) is 1. The van der Waals surface area contributed by atoms with Crippen molar-refractivity contribution in [3.05, 3.63) is 60.6 Å². The van der Waals surface area contributed by atoms with Crippen LogP contribution in [0.3, 0.4) is 0 Å². The standard InChI is InChI=1S/C23H21N5O2/c1-4-16-5-6-21-18(11-16)15-25-23(27-21)26-19-12-17(22-24-7-9-30-22)13-20(14-19)29-10-8-28(2)3/h1,5-7,9,11-15H,8,10H2,2-3H3,(H,25,26,27). The molecule has 0 bridgehead atoms. The molecule has 0 unspecified atom stereocenters. The first-order valence-corrected chi connectivity index (χ1v) is 9.43. The van der Waals surface area contributed by atoms with Crippen LogP contribution in [0.25, 0.3) is 22.4 Å². The van der Waals surface area contributed by atoms with Crippen LogP contribution in [-0.2, 0) is 0 Å². The quantitative estimate of drug-likeness (QED) is 0.472. The van der Waals surface area contributed by atoms with E-state index < -0.39 is 0 Å². The maximum atomic E-state index is 5.92. The molecular weight excluding hydrogens is 378 g/mol. The molecule has 0 fully saturated rings. The van der Waals surface area contributed by atoms with Crippen molar-refractivity contribution in [2.75, 3.05) is 32.6 Å². The molecule has 1 N–H and O–H groups in total. The molecule has 7 heteroatoms. The lowest BCUT2D eigenvalue weighted by Crippen LogP contribution is -2.19. The zero-order valence-electron chi connectivity index (χ0n) is 16.8. The van der Waals surface area contributed by atoms with Crippen molar-refractivity contribution < 1.29 is 9.15 Å². The van der Waals surface area contributed by atoms with Gasteiger partial charge in [0, 0.05) is 41.0 Å². The van der Waals surface area contributed by atoms with E-state index in [0.29, 0.717) is 24.2 Å². The fraction of sp³-hybridized carbons (Fsp3) is 0.174. The molecule has 0 aliphatic heterocycles. The van der Waals surface area contributed by atoms with Gasteiger partial charge < -0.3 is 19.4 Å². The van der Waals surface area contributed by atoms with E-state index in [1.165, 1.54) is 0 Å². The number of oxazole rings is 1. The lowest BCUT2D eigenvalue weighted by molar-refractivity contribution is 0.261. The van der Waals surface area contributed by atoms with Crippen molar-refractivity contribution in [1.82, 2.24) is 19.9 Å². The Morgan fingerprint density at radius 3 is 2.83 bits per heavy atom. The second-order valence-electron chi connectivity index (χ2n) is 6.97. The number of ether oxygens (including phenoxy) is 1. The largest absolute Gasteiger partial charge is 0.492 e. The summed E-state index contributed by atoms with van der Waals surface area (Å²) in [7, 11) is 4.01. The summed E-state index contributed by atoms with van der Waals surface area (Å²) in [6, 6.07) is 11.3. The van der Waals surface area contributed by atoms with Gasteiger partial charge in [0.05, 0.1) is 11.7 Å². The Morgan fingerprint density at radius 2 is 2.07 bits per heavy atom. The van der Waals surface area contributed by atoms with Crippen molar-refractivity contribution in [3.63, 3.8) is 0 Å². The fourth-order valence-electron chi connectivity index (χ4n) is 2.90. The zero-order valence-corrected chi connectivity index (χ0v) is 16.8. The van der Waals surface area contributed by atoms with E-state index in [4.69, 9.17) is 15.6 Å². The Balaban J connectivity index is 1.63. The highest BCUT2D eigenvalue weighted by molar-refractivity contribution is 5.81. The van der Waals surface area contributed by atoms with Gasteiger partial charge in [-0.15, -0.1) is 6.42 Å². The molecule has 2 heterocycles. The van der Waals surface area contributed by atoms with Crippen molar-refractivity contribution in [2.24, 2.45) is 0 Å². The first kappa shape index (κ1) is 19.4. The average molecular weight is 399 g/mol. The minimum atomic E-state index is 0.472. The summed E-state index contributed by atoms with van der Waals surface area (Å²) in [5.74, 6) is 4.31. The van der Waals surface area contributed by atoms with Gasteiger partial charge in [-0.3, -0.25) is 0 Å². The number of rotatable bonds is 7. The number of hydrogen-bond acceptors (Lipinski definition) is 7. The molecule has 0 aliphatic rings. The third-order valence-electron chi connectivity index (χ3n) is 4.40. The molecule has 2 aromatic carbocycles. The van der Waals surface area contributed by atoms with Gasteiger partial charge in [0.1, 0.15) is 18.6 Å². The Hall–Kier alpha value is -3.89. The molecule has 4 aromatic rings. The average Bonchev–Trinajstić information content (AvgIpc) is 3.28. The summed E-state index contributed by atoms with van der Waals surface area (Å²) in [5, 5.41) is 4.13. The number of hydrogen-bond donors (Lipinski definition) is 1. The monoisotopic (exact) mass is 399 g/mol. The van der Waals surface area contributed by atoms with Gasteiger partial charge in [-0.1, -0.05) is 5.92 Å². The van der Waals surface area contributed by atoms with Gasteiger partial charge in [0.25, 0.3) is 0 Å². The minimum absolute atomic E-state index is 0.472. The number of fused-ring (bicyclic) bond motifs is 1. The summed E-state index contributed by atoms with van der Waals surface area (Å²) in [6.07, 6.45) is 10.4. The molecule has 0 atom stereocenters. The second-order valence-corrected chi connectivity index (χ2v) is 6.97. The lowest BCUT2D eigenvalue weighted by atomic mass is 10.1. The van der Waals surface area contributed by atoms with Gasteiger partial charge in [-0.2, -0.15) is 0 Å². The smallest absolute Gasteiger partial charge is 0.227 e. The summed E-state index contributed by atoms with van der Waals surface area (Å²) in [5.41, 5.74) is 3.16. The first-order valence-electron chi connectivity index (χ1n) is 9.43. The topological polar surface area (TPSA) is 76.3 Å². The molecule has 0 saturated carbocycles. The molecule has 2 aromatic heterocycles. The number of aromatic nitrogens is 3. The molecular formula is C23H21N5O2. The van der Waals surface area contributed by atoms with Crippen LogP contribution in [0.5, 0.6) is 5.75 Å². The Bertz CT molecular complexity index is 1200. The predicted molar refractivity (Wildman–Crippen MR) is 117 cm³/mol. The molecule has 0 aliphatic carbocycles. The number of nitrogens with one attached hydrogen (secondary N) is 1. The van der Waals surface area contributed by atoms with E-state index in [1.807, 2.05) is 50.5 Å². The molecule has 150 valence electrons. The summed E-state index contributed by atoms with van der Waals surface area (Å²) < 4.78 is 11.4. The van der Waals surface area contributed by atoms with Gasteiger partial charge in [-0.25, -0.2) is 15.0 Å². The van der Waals surface area contributed by atoms with Crippen molar-refractivity contribution in [3.8, 4) is 29.5 Å². The van der Waals surface area contributed by atoms with Gasteiger partial charge in [0.15, 0.2) is 0 Å². The Labute approximate surface area is 174 Å². The molecule has 0 saturated heterocycles. The van der Waals surface area contributed by atoms with E-state index in [1.54, 1.807) is 18.7 Å². The molecule has 4 rings (SSSR count). The molecule has 7 nitrogen and oxygen atoms in total. The molecule has 0 radical (unpaired) electrons. The maximum absolute atomic E-state index is 5.92. The number of benzene rings is 2. The SMILES string of the molecule is C#Cc1ccc2nc(Nc3cc(OCCN(C)C)cc(-c4ncco4)c3)ncc2c1. The third-order valence-corrected chi connectivity index (χ3v) is 4.40.